The first kappa shape index (κ1) is 27.6. The minimum Gasteiger partial charge on any atom is -0.481 e. The Balaban J connectivity index is 1.24. The van der Waals surface area contributed by atoms with Gasteiger partial charge in [-0.05, 0) is 61.1 Å². The first-order valence-electron chi connectivity index (χ1n) is 13.9. The average Bonchev–Trinajstić information content (AvgIpc) is 3.35. The van der Waals surface area contributed by atoms with Crippen LogP contribution >= 0.6 is 0 Å². The van der Waals surface area contributed by atoms with Crippen LogP contribution in [0.3, 0.4) is 0 Å². The van der Waals surface area contributed by atoms with Gasteiger partial charge >= 0.3 is 0 Å². The Hall–Kier alpha value is -3.95. The number of aliphatic hydroxyl groups is 1. The zero-order valence-electron chi connectivity index (χ0n) is 23.0. The maximum atomic E-state index is 13.3. The molecule has 4 aromatic rings. The van der Waals surface area contributed by atoms with Crippen LogP contribution in [0.15, 0.2) is 60.9 Å². The largest absolute Gasteiger partial charge is 0.481 e. The summed E-state index contributed by atoms with van der Waals surface area (Å²) in [4.78, 5) is 23.8. The number of nitrogen functional groups attached to an aromatic ring is 1. The fourth-order valence-corrected chi connectivity index (χ4v) is 5.74. The number of pyridine rings is 2. The molecule has 1 aromatic carbocycles. The van der Waals surface area contributed by atoms with Crippen LogP contribution in [-0.4, -0.2) is 63.3 Å². The molecule has 0 aliphatic carbocycles. The molecule has 1 aliphatic heterocycles. The molecular formula is C31H38N6O3. The van der Waals surface area contributed by atoms with Crippen LogP contribution in [0.4, 0.5) is 5.82 Å². The van der Waals surface area contributed by atoms with Gasteiger partial charge in [-0.25, -0.2) is 9.97 Å². The number of hydrogen-bond donors (Lipinski definition) is 3. The molecule has 0 bridgehead atoms. The third kappa shape index (κ3) is 6.11. The van der Waals surface area contributed by atoms with Gasteiger partial charge in [-0.15, -0.1) is 0 Å². The van der Waals surface area contributed by atoms with Crippen molar-refractivity contribution >= 4 is 22.6 Å². The number of anilines is 1. The van der Waals surface area contributed by atoms with Gasteiger partial charge < -0.3 is 30.8 Å². The van der Waals surface area contributed by atoms with E-state index in [1.54, 1.807) is 25.6 Å². The highest BCUT2D eigenvalue weighted by atomic mass is 16.5. The van der Waals surface area contributed by atoms with Crippen molar-refractivity contribution in [2.75, 3.05) is 32.5 Å². The highest BCUT2D eigenvalue weighted by Crippen LogP contribution is 2.35. The van der Waals surface area contributed by atoms with E-state index in [2.05, 4.69) is 32.7 Å². The van der Waals surface area contributed by atoms with E-state index in [-0.39, 0.29) is 24.5 Å². The van der Waals surface area contributed by atoms with Gasteiger partial charge in [0.2, 0.25) is 11.8 Å². The van der Waals surface area contributed by atoms with E-state index in [1.165, 1.54) is 0 Å². The van der Waals surface area contributed by atoms with Gasteiger partial charge in [0.05, 0.1) is 18.0 Å². The molecule has 210 valence electrons. The van der Waals surface area contributed by atoms with Crippen molar-refractivity contribution in [3.05, 3.63) is 72.2 Å². The van der Waals surface area contributed by atoms with Crippen LogP contribution in [0.25, 0.3) is 22.0 Å². The monoisotopic (exact) mass is 542 g/mol. The first-order chi connectivity index (χ1) is 19.5. The van der Waals surface area contributed by atoms with E-state index < -0.39 is 0 Å². The molecule has 0 radical (unpaired) electrons. The molecule has 1 saturated heterocycles. The molecule has 1 aliphatic rings. The number of benzene rings is 1. The van der Waals surface area contributed by atoms with E-state index in [4.69, 9.17) is 16.2 Å². The molecule has 0 saturated carbocycles. The van der Waals surface area contributed by atoms with E-state index in [0.29, 0.717) is 44.0 Å². The Morgan fingerprint density at radius 2 is 1.95 bits per heavy atom. The molecule has 3 aromatic heterocycles. The number of carbonyl (C=O) groups excluding carboxylic acids is 1. The second-order valence-corrected chi connectivity index (χ2v) is 10.6. The number of piperidine rings is 1. The van der Waals surface area contributed by atoms with E-state index >= 15 is 0 Å². The number of nitrogens with zero attached hydrogens (tertiary/aromatic N) is 4. The molecule has 5 N–H and O–H groups in total. The van der Waals surface area contributed by atoms with Crippen LogP contribution < -0.4 is 16.2 Å². The molecule has 4 heterocycles. The van der Waals surface area contributed by atoms with Crippen molar-refractivity contribution in [3.63, 3.8) is 0 Å². The fourth-order valence-electron chi connectivity index (χ4n) is 5.74. The second-order valence-electron chi connectivity index (χ2n) is 10.6. The lowest BCUT2D eigenvalue weighted by Crippen LogP contribution is -2.42. The van der Waals surface area contributed by atoms with Gasteiger partial charge in [0, 0.05) is 68.3 Å². The summed E-state index contributed by atoms with van der Waals surface area (Å²) < 4.78 is 7.77. The van der Waals surface area contributed by atoms with Crippen LogP contribution in [0.2, 0.25) is 0 Å². The maximum absolute atomic E-state index is 13.3. The van der Waals surface area contributed by atoms with Gasteiger partial charge in [0.15, 0.2) is 0 Å². The lowest BCUT2D eigenvalue weighted by Gasteiger charge is -2.34. The highest BCUT2D eigenvalue weighted by molar-refractivity contribution is 5.86. The number of aromatic nitrogens is 3. The molecule has 9 heteroatoms. The number of methoxy groups -OCH3 is 1. The summed E-state index contributed by atoms with van der Waals surface area (Å²) >= 11 is 0. The standard InChI is InChI=1S/C31H38N6O3/c1-40-31-26-18-28(37(14-3-15-38)27(26)11-12-34-31)24-4-2-13-36(20-24)30(39)17-25(32)16-21-5-7-22(8-6-21)23-9-10-29(33)35-19-23/h5-12,18-19,24-25,38H,2-4,13-17,20,32H2,1H3,(H2,33,35). The summed E-state index contributed by atoms with van der Waals surface area (Å²) in [5, 5.41) is 10.5. The van der Waals surface area contributed by atoms with Crippen molar-refractivity contribution in [2.45, 2.75) is 50.6 Å². The van der Waals surface area contributed by atoms with Crippen molar-refractivity contribution < 1.29 is 14.6 Å². The lowest BCUT2D eigenvalue weighted by atomic mass is 9.93. The van der Waals surface area contributed by atoms with Crippen molar-refractivity contribution in [1.82, 2.24) is 19.4 Å². The van der Waals surface area contributed by atoms with Crippen LogP contribution in [0.1, 0.15) is 42.9 Å². The van der Waals surface area contributed by atoms with Crippen LogP contribution in [0.5, 0.6) is 5.88 Å². The minimum atomic E-state index is -0.261. The summed E-state index contributed by atoms with van der Waals surface area (Å²) in [6, 6.07) is 15.8. The number of fused-ring (bicyclic) bond motifs is 1. The predicted molar refractivity (Wildman–Crippen MR) is 157 cm³/mol. The molecular weight excluding hydrogens is 504 g/mol. The number of hydrogen-bond acceptors (Lipinski definition) is 7. The highest BCUT2D eigenvalue weighted by Gasteiger charge is 2.28. The van der Waals surface area contributed by atoms with Crippen LogP contribution in [-0.2, 0) is 17.8 Å². The van der Waals surface area contributed by atoms with Gasteiger partial charge in [0.1, 0.15) is 5.82 Å². The lowest BCUT2D eigenvalue weighted by molar-refractivity contribution is -0.132. The molecule has 5 rings (SSSR count). The summed E-state index contributed by atoms with van der Waals surface area (Å²) in [7, 11) is 1.63. The zero-order chi connectivity index (χ0) is 28.1. The number of aliphatic hydroxyl groups excluding tert-OH is 1. The summed E-state index contributed by atoms with van der Waals surface area (Å²) in [6.45, 7) is 2.22. The molecule has 0 spiro atoms. The number of rotatable bonds is 10. The number of amides is 1. The average molecular weight is 543 g/mol. The molecule has 9 nitrogen and oxygen atoms in total. The Kier molecular flexibility index (Phi) is 8.62. The van der Waals surface area contributed by atoms with Gasteiger partial charge in [-0.1, -0.05) is 24.3 Å². The van der Waals surface area contributed by atoms with Crippen molar-refractivity contribution in [3.8, 4) is 17.0 Å². The predicted octanol–water partition coefficient (Wildman–Crippen LogP) is 3.74. The number of nitrogens with two attached hydrogens (primary N) is 2. The third-order valence-corrected chi connectivity index (χ3v) is 7.76. The first-order valence-corrected chi connectivity index (χ1v) is 13.9. The quantitative estimate of drug-likeness (QED) is 0.278. The Bertz CT molecular complexity index is 1430. The van der Waals surface area contributed by atoms with Gasteiger partial charge in [-0.2, -0.15) is 0 Å². The van der Waals surface area contributed by atoms with E-state index in [9.17, 15) is 9.90 Å². The molecule has 2 atom stereocenters. The van der Waals surface area contributed by atoms with E-state index in [0.717, 1.165) is 52.7 Å². The fraction of sp³-hybridized carbons (Fsp3) is 0.387. The summed E-state index contributed by atoms with van der Waals surface area (Å²) in [5.74, 6) is 1.38. The molecule has 40 heavy (non-hydrogen) atoms. The molecule has 1 amide bonds. The number of ether oxygens (including phenoxy) is 1. The number of likely N-dealkylation sites (tertiary alicyclic amines) is 1. The normalized spacial score (nSPS) is 16.3. The van der Waals surface area contributed by atoms with Crippen molar-refractivity contribution in [1.29, 1.82) is 0 Å². The Labute approximate surface area is 234 Å². The van der Waals surface area contributed by atoms with Gasteiger partial charge in [-0.3, -0.25) is 4.79 Å². The minimum absolute atomic E-state index is 0.0963. The van der Waals surface area contributed by atoms with E-state index in [1.807, 2.05) is 29.2 Å². The topological polar surface area (TPSA) is 133 Å². The Morgan fingerprint density at radius 3 is 2.67 bits per heavy atom. The smallest absolute Gasteiger partial charge is 0.224 e. The second kappa shape index (κ2) is 12.5. The van der Waals surface area contributed by atoms with Crippen molar-refractivity contribution in [2.24, 2.45) is 5.73 Å². The van der Waals surface area contributed by atoms with Crippen LogP contribution in [0, 0.1) is 0 Å². The third-order valence-electron chi connectivity index (χ3n) is 7.76. The SMILES string of the molecule is COc1nccc2c1cc(C1CCCN(C(=O)CC(N)Cc3ccc(-c4ccc(N)nc4)cc3)C1)n2CCCO. The van der Waals surface area contributed by atoms with Gasteiger partial charge in [0.25, 0.3) is 0 Å². The summed E-state index contributed by atoms with van der Waals surface area (Å²) in [6.07, 6.45) is 7.04. The molecule has 2 unspecified atom stereocenters. The zero-order valence-corrected chi connectivity index (χ0v) is 23.0. The summed E-state index contributed by atoms with van der Waals surface area (Å²) in [5.41, 5.74) is 17.5. The maximum Gasteiger partial charge on any atom is 0.224 e. The Morgan fingerprint density at radius 1 is 1.15 bits per heavy atom. The number of carbonyl (C=O) groups is 1. The molecule has 1 fully saturated rings. The number of aryl methyl sites for hydroxylation is 1.